The topological polar surface area (TPSA) is 55.8 Å². The van der Waals surface area contributed by atoms with Gasteiger partial charge in [-0.25, -0.2) is 4.98 Å². The van der Waals surface area contributed by atoms with Gasteiger partial charge in [0.2, 0.25) is 0 Å². The van der Waals surface area contributed by atoms with Crippen molar-refractivity contribution in [2.75, 3.05) is 44.7 Å². The fourth-order valence-corrected chi connectivity index (χ4v) is 3.01. The SMILES string of the molecule is CCNC(=NCCN(C)C(C)C)NC1CCN(c2ncccc2Cl)C1.I. The Kier molecular flexibility index (Phi) is 10.6. The molecule has 1 aromatic rings. The molecule has 0 amide bonds. The maximum Gasteiger partial charge on any atom is 0.191 e. The van der Waals surface area contributed by atoms with E-state index in [9.17, 15) is 0 Å². The van der Waals surface area contributed by atoms with E-state index < -0.39 is 0 Å². The average Bonchev–Trinajstić information content (AvgIpc) is 3.03. The van der Waals surface area contributed by atoms with Crippen molar-refractivity contribution in [3.63, 3.8) is 0 Å². The smallest absolute Gasteiger partial charge is 0.191 e. The first-order valence-electron chi connectivity index (χ1n) is 9.11. The molecule has 0 aromatic carbocycles. The van der Waals surface area contributed by atoms with Crippen molar-refractivity contribution in [3.8, 4) is 0 Å². The Morgan fingerprint density at radius 3 is 2.92 bits per heavy atom. The second kappa shape index (κ2) is 11.8. The molecule has 26 heavy (non-hydrogen) atoms. The van der Waals surface area contributed by atoms with Crippen LogP contribution < -0.4 is 15.5 Å². The number of aliphatic imine (C=N–C) groups is 1. The summed E-state index contributed by atoms with van der Waals surface area (Å²) in [6.45, 7) is 10.9. The van der Waals surface area contributed by atoms with E-state index in [2.05, 4.69) is 53.2 Å². The molecule has 0 spiro atoms. The second-order valence-corrected chi connectivity index (χ2v) is 7.13. The van der Waals surface area contributed by atoms with E-state index in [1.54, 1.807) is 6.20 Å². The molecule has 8 heteroatoms. The normalized spacial score (nSPS) is 17.6. The van der Waals surface area contributed by atoms with Gasteiger partial charge in [0, 0.05) is 44.5 Å². The lowest BCUT2D eigenvalue weighted by atomic mass is 10.3. The van der Waals surface area contributed by atoms with Crippen LogP contribution in [0.4, 0.5) is 5.82 Å². The van der Waals surface area contributed by atoms with Crippen LogP contribution in [0.15, 0.2) is 23.3 Å². The van der Waals surface area contributed by atoms with Gasteiger partial charge >= 0.3 is 0 Å². The average molecular weight is 495 g/mol. The Morgan fingerprint density at radius 2 is 2.27 bits per heavy atom. The number of hydrogen-bond donors (Lipinski definition) is 2. The molecule has 0 radical (unpaired) electrons. The summed E-state index contributed by atoms with van der Waals surface area (Å²) in [4.78, 5) is 13.6. The van der Waals surface area contributed by atoms with Gasteiger partial charge in [0.25, 0.3) is 0 Å². The highest BCUT2D eigenvalue weighted by Crippen LogP contribution is 2.25. The summed E-state index contributed by atoms with van der Waals surface area (Å²) in [5.41, 5.74) is 0. The number of anilines is 1. The van der Waals surface area contributed by atoms with Crippen LogP contribution in [-0.2, 0) is 0 Å². The van der Waals surface area contributed by atoms with Crippen LogP contribution >= 0.6 is 35.6 Å². The summed E-state index contributed by atoms with van der Waals surface area (Å²) >= 11 is 6.27. The molecular formula is C18H32ClIN6. The fraction of sp³-hybridized carbons (Fsp3) is 0.667. The zero-order chi connectivity index (χ0) is 18.2. The van der Waals surface area contributed by atoms with Crippen molar-refractivity contribution in [1.82, 2.24) is 20.5 Å². The number of hydrogen-bond acceptors (Lipinski definition) is 4. The Labute approximate surface area is 179 Å². The van der Waals surface area contributed by atoms with Gasteiger partial charge in [-0.3, -0.25) is 4.99 Å². The van der Waals surface area contributed by atoms with Crippen LogP contribution in [0.2, 0.25) is 5.02 Å². The van der Waals surface area contributed by atoms with E-state index >= 15 is 0 Å². The van der Waals surface area contributed by atoms with Crippen LogP contribution in [0.25, 0.3) is 0 Å². The van der Waals surface area contributed by atoms with Crippen molar-refractivity contribution in [2.24, 2.45) is 4.99 Å². The summed E-state index contributed by atoms with van der Waals surface area (Å²) in [5.74, 6) is 1.76. The van der Waals surface area contributed by atoms with E-state index in [0.29, 0.717) is 17.1 Å². The Balaban J connectivity index is 0.00000338. The monoisotopic (exact) mass is 494 g/mol. The van der Waals surface area contributed by atoms with Crippen molar-refractivity contribution < 1.29 is 0 Å². The first-order chi connectivity index (χ1) is 12.0. The van der Waals surface area contributed by atoms with Gasteiger partial charge in [0.05, 0.1) is 11.6 Å². The summed E-state index contributed by atoms with van der Waals surface area (Å²) < 4.78 is 0. The van der Waals surface area contributed by atoms with Gasteiger partial charge < -0.3 is 20.4 Å². The molecule has 1 aliphatic heterocycles. The highest BCUT2D eigenvalue weighted by atomic mass is 127. The summed E-state index contributed by atoms with van der Waals surface area (Å²) in [6, 6.07) is 4.64. The lowest BCUT2D eigenvalue weighted by molar-refractivity contribution is 0.282. The van der Waals surface area contributed by atoms with Crippen LogP contribution in [0.3, 0.4) is 0 Å². The maximum absolute atomic E-state index is 6.27. The quantitative estimate of drug-likeness (QED) is 0.347. The van der Waals surface area contributed by atoms with Crippen molar-refractivity contribution in [1.29, 1.82) is 0 Å². The van der Waals surface area contributed by atoms with Crippen LogP contribution in [0, 0.1) is 0 Å². The highest BCUT2D eigenvalue weighted by molar-refractivity contribution is 14.0. The molecule has 1 fully saturated rings. The van der Waals surface area contributed by atoms with Gasteiger partial charge in [-0.1, -0.05) is 11.6 Å². The minimum absolute atomic E-state index is 0. The lowest BCUT2D eigenvalue weighted by Gasteiger charge is -2.21. The highest BCUT2D eigenvalue weighted by Gasteiger charge is 2.25. The zero-order valence-corrected chi connectivity index (χ0v) is 19.3. The molecule has 0 saturated carbocycles. The molecule has 2 heterocycles. The van der Waals surface area contributed by atoms with Crippen LogP contribution in [-0.4, -0.2) is 67.7 Å². The molecule has 1 unspecified atom stereocenters. The first kappa shape index (κ1) is 23.2. The molecule has 6 nitrogen and oxygen atoms in total. The lowest BCUT2D eigenvalue weighted by Crippen LogP contribution is -2.45. The molecular weight excluding hydrogens is 463 g/mol. The molecule has 1 aliphatic rings. The standard InChI is InChI=1S/C18H31ClN6.HI/c1-5-20-18(22-10-12-24(4)14(2)3)23-15-8-11-25(13-15)17-16(19)7-6-9-21-17;/h6-7,9,14-15H,5,8,10-13H2,1-4H3,(H2,20,22,23);1H. The van der Waals surface area contributed by atoms with E-state index in [1.807, 2.05) is 12.1 Å². The van der Waals surface area contributed by atoms with E-state index in [0.717, 1.165) is 50.9 Å². The van der Waals surface area contributed by atoms with Crippen molar-refractivity contribution >= 4 is 47.4 Å². The Hall–Kier alpha value is -0.800. The number of aromatic nitrogens is 1. The van der Waals surface area contributed by atoms with E-state index in [1.165, 1.54) is 0 Å². The largest absolute Gasteiger partial charge is 0.357 e. The third-order valence-corrected chi connectivity index (χ3v) is 4.81. The summed E-state index contributed by atoms with van der Waals surface area (Å²) in [7, 11) is 2.13. The minimum atomic E-state index is 0. The van der Waals surface area contributed by atoms with Gasteiger partial charge in [-0.05, 0) is 46.4 Å². The number of pyridine rings is 1. The zero-order valence-electron chi connectivity index (χ0n) is 16.2. The summed E-state index contributed by atoms with van der Waals surface area (Å²) in [5, 5.41) is 7.59. The molecule has 1 atom stereocenters. The first-order valence-corrected chi connectivity index (χ1v) is 9.49. The van der Waals surface area contributed by atoms with Crippen molar-refractivity contribution in [2.45, 2.75) is 39.3 Å². The predicted octanol–water partition coefficient (Wildman–Crippen LogP) is 2.83. The van der Waals surface area contributed by atoms with Gasteiger partial charge in [-0.2, -0.15) is 0 Å². The third kappa shape index (κ3) is 7.08. The maximum atomic E-state index is 6.27. The number of nitrogens with zero attached hydrogens (tertiary/aromatic N) is 4. The van der Waals surface area contributed by atoms with Gasteiger partial charge in [0.15, 0.2) is 5.96 Å². The molecule has 0 bridgehead atoms. The minimum Gasteiger partial charge on any atom is -0.357 e. The molecule has 0 aliphatic carbocycles. The fourth-order valence-electron chi connectivity index (χ4n) is 2.77. The molecule has 2 N–H and O–H groups in total. The predicted molar refractivity (Wildman–Crippen MR) is 122 cm³/mol. The number of halogens is 2. The number of nitrogens with one attached hydrogen (secondary N) is 2. The van der Waals surface area contributed by atoms with Crippen LogP contribution in [0.5, 0.6) is 0 Å². The second-order valence-electron chi connectivity index (χ2n) is 6.72. The van der Waals surface area contributed by atoms with Gasteiger partial charge in [-0.15, -0.1) is 24.0 Å². The molecule has 148 valence electrons. The van der Waals surface area contributed by atoms with E-state index in [4.69, 9.17) is 16.6 Å². The number of likely N-dealkylation sites (N-methyl/N-ethyl adjacent to an activating group) is 1. The molecule has 1 aromatic heterocycles. The van der Waals surface area contributed by atoms with E-state index in [-0.39, 0.29) is 24.0 Å². The number of rotatable bonds is 7. The number of guanidine groups is 1. The van der Waals surface area contributed by atoms with Gasteiger partial charge in [0.1, 0.15) is 5.82 Å². The van der Waals surface area contributed by atoms with Crippen LogP contribution in [0.1, 0.15) is 27.2 Å². The Morgan fingerprint density at radius 1 is 1.50 bits per heavy atom. The molecule has 1 saturated heterocycles. The Bertz CT molecular complexity index is 568. The summed E-state index contributed by atoms with van der Waals surface area (Å²) in [6.07, 6.45) is 2.84. The van der Waals surface area contributed by atoms with Crippen molar-refractivity contribution in [3.05, 3.63) is 23.4 Å². The third-order valence-electron chi connectivity index (χ3n) is 4.52. The molecule has 2 rings (SSSR count).